The molecule has 4 N–H and O–H groups in total. The maximum absolute atomic E-state index is 14.1. The number of nitrogens with one attached hydrogen (secondary N) is 2. The van der Waals surface area contributed by atoms with E-state index in [0.29, 0.717) is 35.6 Å². The number of aromatic nitrogens is 4. The number of fused-ring (bicyclic) bond motifs is 2. The van der Waals surface area contributed by atoms with Gasteiger partial charge in [-0.1, -0.05) is 101 Å². The van der Waals surface area contributed by atoms with Gasteiger partial charge >= 0.3 is 0 Å². The smallest absolute Gasteiger partial charge is 0.264 e. The highest BCUT2D eigenvalue weighted by Crippen LogP contribution is 2.46. The number of aromatic amines is 1. The fraction of sp³-hybridized carbons (Fsp3) is 0.220. The molecule has 0 saturated carbocycles. The fourth-order valence-electron chi connectivity index (χ4n) is 6.89. The van der Waals surface area contributed by atoms with Gasteiger partial charge in [-0.05, 0) is 59.5 Å². The number of anilines is 2. The summed E-state index contributed by atoms with van der Waals surface area (Å²) in [6.07, 6.45) is 8.38. The first-order valence-electron chi connectivity index (χ1n) is 17.2. The van der Waals surface area contributed by atoms with Crippen LogP contribution in [-0.4, -0.2) is 48.6 Å². The van der Waals surface area contributed by atoms with Crippen LogP contribution in [0, 0.1) is 5.92 Å². The molecule has 0 spiro atoms. The molecule has 7 rings (SSSR count). The number of carbonyl (C=O) groups excluding carboxylic acids is 2. The summed E-state index contributed by atoms with van der Waals surface area (Å²) in [5, 5.41) is 34.7. The SMILES string of the molecule is C[C@H](/C=C/CCn1cc(C(CO)c2ccccc2)nn1)[C@@]1(O)C(=O)N(Cc2ccc(NC(=O)Cc3c[nH]c4ccccc34)cc2)c2ccc(Br)cc21. The van der Waals surface area contributed by atoms with E-state index in [9.17, 15) is 19.8 Å². The van der Waals surface area contributed by atoms with Crippen molar-refractivity contribution in [3.05, 3.63) is 154 Å². The summed E-state index contributed by atoms with van der Waals surface area (Å²) in [6, 6.07) is 30.5. The predicted octanol–water partition coefficient (Wildman–Crippen LogP) is 6.84. The minimum atomic E-state index is -1.77. The van der Waals surface area contributed by atoms with Crippen molar-refractivity contribution in [2.24, 2.45) is 5.92 Å². The van der Waals surface area contributed by atoms with Crippen LogP contribution in [0.2, 0.25) is 0 Å². The first-order valence-corrected chi connectivity index (χ1v) is 18.0. The van der Waals surface area contributed by atoms with Crippen molar-refractivity contribution in [3.8, 4) is 0 Å². The van der Waals surface area contributed by atoms with E-state index in [1.54, 1.807) is 9.58 Å². The molecule has 4 aromatic carbocycles. The number of amides is 2. The molecule has 52 heavy (non-hydrogen) atoms. The number of rotatable bonds is 13. The van der Waals surface area contributed by atoms with Crippen molar-refractivity contribution in [2.75, 3.05) is 16.8 Å². The second kappa shape index (κ2) is 15.1. The molecule has 2 amide bonds. The number of aryl methyl sites for hydroxylation is 1. The van der Waals surface area contributed by atoms with Gasteiger partial charge in [0.1, 0.15) is 0 Å². The Morgan fingerprint density at radius 3 is 2.60 bits per heavy atom. The van der Waals surface area contributed by atoms with Crippen molar-refractivity contribution in [1.29, 1.82) is 0 Å². The third-order valence-electron chi connectivity index (χ3n) is 9.74. The van der Waals surface area contributed by atoms with Crippen LogP contribution in [0.3, 0.4) is 0 Å². The van der Waals surface area contributed by atoms with E-state index in [2.05, 4.69) is 36.5 Å². The van der Waals surface area contributed by atoms with Crippen LogP contribution < -0.4 is 10.2 Å². The number of H-pyrrole nitrogens is 1. The summed E-state index contributed by atoms with van der Waals surface area (Å²) < 4.78 is 2.50. The van der Waals surface area contributed by atoms with E-state index in [-0.39, 0.29) is 31.4 Å². The van der Waals surface area contributed by atoms with Gasteiger partial charge in [-0.3, -0.25) is 14.3 Å². The molecule has 3 heterocycles. The summed E-state index contributed by atoms with van der Waals surface area (Å²) in [6.45, 7) is 2.57. The van der Waals surface area contributed by atoms with Gasteiger partial charge in [-0.15, -0.1) is 5.10 Å². The lowest BCUT2D eigenvalue weighted by atomic mass is 9.83. The number of halogens is 1. The molecule has 1 unspecified atom stereocenters. The monoisotopic (exact) mass is 758 g/mol. The van der Waals surface area contributed by atoms with Gasteiger partial charge < -0.3 is 25.4 Å². The average Bonchev–Trinajstić information content (AvgIpc) is 3.85. The van der Waals surface area contributed by atoms with Crippen LogP contribution in [0.15, 0.2) is 126 Å². The standard InChI is InChI=1S/C41H39BrN6O4/c1-27(9-7-8-20-47-25-37(45-46-47)34(26-49)29-10-3-2-4-11-29)41(52)35-22-31(42)16-19-38(35)48(40(41)51)24-28-14-17-32(18-15-28)44-39(50)21-30-23-43-36-13-6-5-12-33(30)36/h2-7,9-19,22-23,25,27,34,43,49,52H,8,20-21,24,26H2,1H3,(H,44,50)/b9-7+/t27-,34?,41+/m1/s1. The van der Waals surface area contributed by atoms with Crippen molar-refractivity contribution >= 4 is 50.0 Å². The number of hydrogen-bond donors (Lipinski definition) is 4. The third kappa shape index (κ3) is 7.07. The Hall–Kier alpha value is -5.36. The van der Waals surface area contributed by atoms with Crippen molar-refractivity contribution in [1.82, 2.24) is 20.0 Å². The van der Waals surface area contributed by atoms with E-state index in [4.69, 9.17) is 0 Å². The number of carbonyl (C=O) groups is 2. The Morgan fingerprint density at radius 1 is 1.04 bits per heavy atom. The molecular formula is C41H39BrN6O4. The number of aliphatic hydroxyl groups is 2. The molecule has 2 aromatic heterocycles. The minimum absolute atomic E-state index is 0.0715. The van der Waals surface area contributed by atoms with Crippen LogP contribution in [0.1, 0.15) is 47.2 Å². The lowest BCUT2D eigenvalue weighted by molar-refractivity contribution is -0.139. The Morgan fingerprint density at radius 2 is 1.81 bits per heavy atom. The molecule has 0 radical (unpaired) electrons. The Kier molecular flexibility index (Phi) is 10.2. The zero-order valence-electron chi connectivity index (χ0n) is 28.6. The molecule has 11 heteroatoms. The number of hydrogen-bond acceptors (Lipinski definition) is 6. The van der Waals surface area contributed by atoms with E-state index in [0.717, 1.165) is 32.1 Å². The van der Waals surface area contributed by atoms with Crippen LogP contribution in [-0.2, 0) is 34.7 Å². The van der Waals surface area contributed by atoms with Gasteiger partial charge in [0.25, 0.3) is 5.91 Å². The van der Waals surface area contributed by atoms with Gasteiger partial charge in [0.15, 0.2) is 5.60 Å². The summed E-state index contributed by atoms with van der Waals surface area (Å²) in [5.74, 6) is -1.30. The summed E-state index contributed by atoms with van der Waals surface area (Å²) >= 11 is 3.53. The fourth-order valence-corrected chi connectivity index (χ4v) is 7.25. The largest absolute Gasteiger partial charge is 0.395 e. The molecule has 6 aromatic rings. The average molecular weight is 760 g/mol. The lowest BCUT2D eigenvalue weighted by Crippen LogP contribution is -2.44. The van der Waals surface area contributed by atoms with E-state index < -0.39 is 17.4 Å². The quantitative estimate of drug-likeness (QED) is 0.0953. The van der Waals surface area contributed by atoms with Gasteiger partial charge in [0.2, 0.25) is 5.91 Å². The number of aliphatic hydroxyl groups excluding tert-OH is 1. The molecule has 0 bridgehead atoms. The van der Waals surface area contributed by atoms with E-state index in [1.807, 2.05) is 129 Å². The highest BCUT2D eigenvalue weighted by molar-refractivity contribution is 9.10. The highest BCUT2D eigenvalue weighted by atomic mass is 79.9. The topological polar surface area (TPSA) is 136 Å². The van der Waals surface area contributed by atoms with Crippen molar-refractivity contribution < 1.29 is 19.8 Å². The molecule has 1 aliphatic rings. The Bertz CT molecular complexity index is 2230. The van der Waals surface area contributed by atoms with E-state index >= 15 is 0 Å². The highest BCUT2D eigenvalue weighted by Gasteiger charge is 2.52. The molecule has 0 aliphatic carbocycles. The summed E-state index contributed by atoms with van der Waals surface area (Å²) in [7, 11) is 0. The third-order valence-corrected chi connectivity index (χ3v) is 10.2. The molecule has 264 valence electrons. The predicted molar refractivity (Wildman–Crippen MR) is 205 cm³/mol. The first kappa shape index (κ1) is 35.1. The van der Waals surface area contributed by atoms with Crippen LogP contribution in [0.25, 0.3) is 10.9 Å². The number of nitrogens with zero attached hydrogens (tertiary/aromatic N) is 4. The summed E-state index contributed by atoms with van der Waals surface area (Å²) in [4.78, 5) is 31.8. The molecule has 1 aliphatic heterocycles. The maximum atomic E-state index is 14.1. The van der Waals surface area contributed by atoms with E-state index in [1.165, 1.54) is 0 Å². The maximum Gasteiger partial charge on any atom is 0.264 e. The number of allylic oxidation sites excluding steroid dienone is 1. The van der Waals surface area contributed by atoms with Crippen molar-refractivity contribution in [2.45, 2.75) is 44.4 Å². The molecule has 10 nitrogen and oxygen atoms in total. The number of benzene rings is 4. The number of para-hydroxylation sites is 1. The minimum Gasteiger partial charge on any atom is -0.395 e. The summed E-state index contributed by atoms with van der Waals surface area (Å²) in [5.41, 5.74) is 4.53. The van der Waals surface area contributed by atoms with Gasteiger partial charge in [0.05, 0.1) is 36.9 Å². The van der Waals surface area contributed by atoms with Gasteiger partial charge in [-0.25, -0.2) is 0 Å². The Labute approximate surface area is 309 Å². The molecule has 0 fully saturated rings. The van der Waals surface area contributed by atoms with Gasteiger partial charge in [0, 0.05) is 51.5 Å². The van der Waals surface area contributed by atoms with Crippen LogP contribution in [0.4, 0.5) is 11.4 Å². The normalized spacial score (nSPS) is 16.8. The van der Waals surface area contributed by atoms with Crippen molar-refractivity contribution in [3.63, 3.8) is 0 Å². The lowest BCUT2D eigenvalue weighted by Gasteiger charge is -2.27. The Balaban J connectivity index is 0.993. The zero-order valence-corrected chi connectivity index (χ0v) is 30.2. The second-order valence-corrected chi connectivity index (χ2v) is 14.1. The first-order chi connectivity index (χ1) is 25.2. The van der Waals surface area contributed by atoms with Gasteiger partial charge in [-0.2, -0.15) is 0 Å². The molecule has 0 saturated heterocycles. The second-order valence-electron chi connectivity index (χ2n) is 13.2. The zero-order chi connectivity index (χ0) is 36.2. The van der Waals surface area contributed by atoms with Crippen LogP contribution >= 0.6 is 15.9 Å². The van der Waals surface area contributed by atoms with Crippen LogP contribution in [0.5, 0.6) is 0 Å². The molecule has 3 atom stereocenters. The molecular weight excluding hydrogens is 720 g/mol.